The van der Waals surface area contributed by atoms with Crippen molar-refractivity contribution in [3.63, 3.8) is 0 Å². The molecule has 0 saturated carbocycles. The Morgan fingerprint density at radius 3 is 2.73 bits per heavy atom. The molecule has 5 rings (SSSR count). The third-order valence-electron chi connectivity index (χ3n) is 5.61. The van der Waals surface area contributed by atoms with E-state index in [0.717, 1.165) is 32.5 Å². The van der Waals surface area contributed by atoms with E-state index in [1.165, 1.54) is 22.2 Å². The Labute approximate surface area is 198 Å². The van der Waals surface area contributed by atoms with Crippen LogP contribution < -0.4 is 10.3 Å². The Bertz CT molecular complexity index is 1520. The minimum absolute atomic E-state index is 0.0528. The number of thiophene rings is 2. The minimum Gasteiger partial charge on any atom is -0.497 e. The second kappa shape index (κ2) is 8.80. The van der Waals surface area contributed by atoms with Gasteiger partial charge >= 0.3 is 0 Å². The van der Waals surface area contributed by atoms with Crippen LogP contribution in [-0.2, 0) is 17.9 Å². The van der Waals surface area contributed by atoms with E-state index in [1.54, 1.807) is 30.4 Å². The van der Waals surface area contributed by atoms with E-state index in [4.69, 9.17) is 4.74 Å². The summed E-state index contributed by atoms with van der Waals surface area (Å²) in [7, 11) is 3.40. The van der Waals surface area contributed by atoms with Gasteiger partial charge in [0.2, 0.25) is 5.91 Å². The highest BCUT2D eigenvalue weighted by Gasteiger charge is 2.17. The van der Waals surface area contributed by atoms with Crippen molar-refractivity contribution in [1.82, 2.24) is 14.5 Å². The number of fused-ring (bicyclic) bond motifs is 2. The smallest absolute Gasteiger partial charge is 0.263 e. The summed E-state index contributed by atoms with van der Waals surface area (Å²) in [5.41, 5.74) is 1.71. The topological polar surface area (TPSA) is 64.4 Å². The summed E-state index contributed by atoms with van der Waals surface area (Å²) in [6, 6.07) is 16.0. The molecule has 0 spiro atoms. The van der Waals surface area contributed by atoms with Crippen LogP contribution in [0.3, 0.4) is 0 Å². The first-order valence-corrected chi connectivity index (χ1v) is 12.1. The van der Waals surface area contributed by atoms with E-state index in [-0.39, 0.29) is 18.0 Å². The number of hydrogen-bond acceptors (Lipinski definition) is 6. The SMILES string of the molecule is COc1ccc2cc(CN(C)C(=O)Cn3cnc4scc(-c5cccs5)c4c3=O)ccc2c1. The van der Waals surface area contributed by atoms with Crippen LogP contribution in [0.25, 0.3) is 31.4 Å². The summed E-state index contributed by atoms with van der Waals surface area (Å²) < 4.78 is 6.68. The number of methoxy groups -OCH3 is 1. The van der Waals surface area contributed by atoms with Crippen LogP contribution in [0.15, 0.2) is 70.4 Å². The van der Waals surface area contributed by atoms with Crippen LogP contribution in [0.1, 0.15) is 5.56 Å². The van der Waals surface area contributed by atoms with Crippen molar-refractivity contribution in [2.24, 2.45) is 0 Å². The monoisotopic (exact) mass is 475 g/mol. The third-order valence-corrected chi connectivity index (χ3v) is 7.40. The zero-order valence-corrected chi connectivity index (χ0v) is 19.8. The van der Waals surface area contributed by atoms with Gasteiger partial charge in [-0.15, -0.1) is 22.7 Å². The Morgan fingerprint density at radius 1 is 1.12 bits per heavy atom. The first-order valence-electron chi connectivity index (χ1n) is 10.3. The molecule has 0 aliphatic heterocycles. The molecule has 0 unspecified atom stereocenters. The second-order valence-corrected chi connectivity index (χ2v) is 9.59. The molecule has 8 heteroatoms. The lowest BCUT2D eigenvalue weighted by molar-refractivity contribution is -0.131. The van der Waals surface area contributed by atoms with Gasteiger partial charge in [-0.3, -0.25) is 14.2 Å². The molecule has 0 fully saturated rings. The number of rotatable bonds is 6. The summed E-state index contributed by atoms with van der Waals surface area (Å²) in [6.45, 7) is 0.396. The highest BCUT2D eigenvalue weighted by Crippen LogP contribution is 2.33. The fraction of sp³-hybridized carbons (Fsp3) is 0.160. The van der Waals surface area contributed by atoms with Gasteiger partial charge < -0.3 is 9.64 Å². The van der Waals surface area contributed by atoms with E-state index in [1.807, 2.05) is 53.2 Å². The maximum absolute atomic E-state index is 13.2. The molecule has 0 N–H and O–H groups in total. The number of likely N-dealkylation sites (N-methyl/N-ethyl adjacent to an activating group) is 1. The van der Waals surface area contributed by atoms with Gasteiger partial charge in [0.25, 0.3) is 5.56 Å². The Hall–Kier alpha value is -3.49. The zero-order valence-electron chi connectivity index (χ0n) is 18.1. The number of aromatic nitrogens is 2. The molecular formula is C25H21N3O3S2. The Morgan fingerprint density at radius 2 is 1.94 bits per heavy atom. The van der Waals surface area contributed by atoms with Crippen molar-refractivity contribution < 1.29 is 9.53 Å². The summed E-state index contributed by atoms with van der Waals surface area (Å²) in [4.78, 5) is 33.9. The van der Waals surface area contributed by atoms with Crippen molar-refractivity contribution in [3.8, 4) is 16.2 Å². The van der Waals surface area contributed by atoms with Gasteiger partial charge in [-0.25, -0.2) is 4.98 Å². The van der Waals surface area contributed by atoms with E-state index < -0.39 is 0 Å². The van der Waals surface area contributed by atoms with Gasteiger partial charge in [-0.2, -0.15) is 0 Å². The normalized spacial score (nSPS) is 11.2. The lowest BCUT2D eigenvalue weighted by Gasteiger charge is -2.18. The number of carbonyl (C=O) groups excluding carboxylic acids is 1. The molecule has 0 atom stereocenters. The van der Waals surface area contributed by atoms with Crippen molar-refractivity contribution in [1.29, 1.82) is 0 Å². The van der Waals surface area contributed by atoms with E-state index in [9.17, 15) is 9.59 Å². The highest BCUT2D eigenvalue weighted by atomic mass is 32.1. The Kier molecular flexibility index (Phi) is 5.70. The van der Waals surface area contributed by atoms with Gasteiger partial charge in [0.15, 0.2) is 0 Å². The summed E-state index contributed by atoms with van der Waals surface area (Å²) >= 11 is 3.03. The average molecular weight is 476 g/mol. The fourth-order valence-corrected chi connectivity index (χ4v) is 5.54. The van der Waals surface area contributed by atoms with Crippen LogP contribution in [0.2, 0.25) is 0 Å². The molecule has 33 heavy (non-hydrogen) atoms. The summed E-state index contributed by atoms with van der Waals surface area (Å²) in [5, 5.41) is 6.67. The predicted molar refractivity (Wildman–Crippen MR) is 134 cm³/mol. The van der Waals surface area contributed by atoms with Crippen LogP contribution >= 0.6 is 22.7 Å². The van der Waals surface area contributed by atoms with E-state index in [0.29, 0.717) is 16.8 Å². The average Bonchev–Trinajstić information content (AvgIpc) is 3.50. The number of amides is 1. The summed E-state index contributed by atoms with van der Waals surface area (Å²) in [6.07, 6.45) is 1.47. The van der Waals surface area contributed by atoms with Crippen LogP contribution in [-0.4, -0.2) is 34.5 Å². The molecule has 5 aromatic rings. The van der Waals surface area contributed by atoms with Gasteiger partial charge in [-0.1, -0.05) is 24.3 Å². The Balaban J connectivity index is 1.36. The maximum Gasteiger partial charge on any atom is 0.263 e. The number of carbonyl (C=O) groups is 1. The second-order valence-electron chi connectivity index (χ2n) is 7.78. The van der Waals surface area contributed by atoms with Gasteiger partial charge in [-0.05, 0) is 46.0 Å². The first-order chi connectivity index (χ1) is 16.0. The molecule has 2 aromatic carbocycles. The van der Waals surface area contributed by atoms with Crippen LogP contribution in [0.5, 0.6) is 5.75 Å². The van der Waals surface area contributed by atoms with Gasteiger partial charge in [0.1, 0.15) is 17.1 Å². The van der Waals surface area contributed by atoms with E-state index in [2.05, 4.69) is 11.1 Å². The van der Waals surface area contributed by atoms with Crippen molar-refractivity contribution in [2.75, 3.05) is 14.2 Å². The fourth-order valence-electron chi connectivity index (χ4n) is 3.82. The highest BCUT2D eigenvalue weighted by molar-refractivity contribution is 7.18. The quantitative estimate of drug-likeness (QED) is 0.346. The predicted octanol–water partition coefficient (Wildman–Crippen LogP) is 5.01. The number of hydrogen-bond donors (Lipinski definition) is 0. The molecule has 0 radical (unpaired) electrons. The molecule has 0 bridgehead atoms. The van der Waals surface area contributed by atoms with Crippen LogP contribution in [0.4, 0.5) is 0 Å². The van der Waals surface area contributed by atoms with Crippen LogP contribution in [0, 0.1) is 0 Å². The van der Waals surface area contributed by atoms with Crippen molar-refractivity contribution in [3.05, 3.63) is 81.5 Å². The molecule has 166 valence electrons. The third kappa shape index (κ3) is 4.15. The first kappa shape index (κ1) is 21.4. The van der Waals surface area contributed by atoms with Gasteiger partial charge in [0, 0.05) is 29.4 Å². The zero-order chi connectivity index (χ0) is 22.9. The van der Waals surface area contributed by atoms with Crippen molar-refractivity contribution in [2.45, 2.75) is 13.1 Å². The lowest BCUT2D eigenvalue weighted by atomic mass is 10.1. The van der Waals surface area contributed by atoms with Crippen molar-refractivity contribution >= 4 is 49.6 Å². The number of benzene rings is 2. The largest absolute Gasteiger partial charge is 0.497 e. The molecule has 0 saturated heterocycles. The van der Waals surface area contributed by atoms with E-state index >= 15 is 0 Å². The molecule has 6 nitrogen and oxygen atoms in total. The number of nitrogens with zero attached hydrogens (tertiary/aromatic N) is 3. The molecule has 3 heterocycles. The summed E-state index contributed by atoms with van der Waals surface area (Å²) in [5.74, 6) is 0.660. The van der Waals surface area contributed by atoms with Gasteiger partial charge in [0.05, 0.1) is 18.8 Å². The lowest BCUT2D eigenvalue weighted by Crippen LogP contribution is -2.33. The number of ether oxygens (including phenoxy) is 1. The standard InChI is InChI=1S/C25H21N3O3S2/c1-27(12-16-5-6-18-11-19(31-2)8-7-17(18)10-16)22(29)13-28-15-26-24-23(25(28)30)20(14-33-24)21-4-3-9-32-21/h3-11,14-15H,12-13H2,1-2H3. The minimum atomic E-state index is -0.189. The molecule has 1 amide bonds. The maximum atomic E-state index is 13.2. The molecule has 3 aromatic heterocycles. The molecule has 0 aliphatic carbocycles. The molecule has 0 aliphatic rings. The molecular weight excluding hydrogens is 454 g/mol.